The van der Waals surface area contributed by atoms with Gasteiger partial charge in [-0.2, -0.15) is 0 Å². The monoisotopic (exact) mass is 296 g/mol. The molecule has 0 atom stereocenters. The van der Waals surface area contributed by atoms with Crippen LogP contribution in [-0.4, -0.2) is 16.1 Å². The maximum atomic E-state index is 11.0. The van der Waals surface area contributed by atoms with Gasteiger partial charge in [0, 0.05) is 0 Å². The summed E-state index contributed by atoms with van der Waals surface area (Å²) < 4.78 is 0. The molecule has 0 aliphatic carbocycles. The Morgan fingerprint density at radius 1 is 1.32 bits per heavy atom. The summed E-state index contributed by atoms with van der Waals surface area (Å²) in [6.07, 6.45) is 0. The lowest BCUT2D eigenvalue weighted by molar-refractivity contribution is 0.0697. The number of carbonyl (C=O) groups is 1. The van der Waals surface area contributed by atoms with Gasteiger partial charge < -0.3 is 10.4 Å². The van der Waals surface area contributed by atoms with Gasteiger partial charge in [0.2, 0.25) is 0 Å². The molecule has 2 aromatic rings. The van der Waals surface area contributed by atoms with Crippen LogP contribution in [0.2, 0.25) is 10.2 Å². The van der Waals surface area contributed by atoms with Crippen LogP contribution in [0.15, 0.2) is 30.3 Å². The highest BCUT2D eigenvalue weighted by Crippen LogP contribution is 2.28. The van der Waals surface area contributed by atoms with Gasteiger partial charge in [0.1, 0.15) is 11.0 Å². The molecule has 0 bridgehead atoms. The number of para-hydroxylation sites is 1. The molecule has 6 heteroatoms. The highest BCUT2D eigenvalue weighted by atomic mass is 35.5. The molecule has 4 nitrogen and oxygen atoms in total. The average Bonchev–Trinajstić information content (AvgIpc) is 2.33. The Balaban J connectivity index is 2.41. The number of hydrogen-bond acceptors (Lipinski definition) is 3. The first-order chi connectivity index (χ1) is 8.97. The van der Waals surface area contributed by atoms with E-state index in [0.717, 1.165) is 5.56 Å². The van der Waals surface area contributed by atoms with Crippen LogP contribution in [0.5, 0.6) is 0 Å². The molecule has 1 aromatic heterocycles. The van der Waals surface area contributed by atoms with E-state index in [1.807, 2.05) is 19.1 Å². The predicted molar refractivity (Wildman–Crippen MR) is 75.7 cm³/mol. The molecule has 0 amide bonds. The number of rotatable bonds is 3. The van der Waals surface area contributed by atoms with E-state index in [0.29, 0.717) is 16.5 Å². The van der Waals surface area contributed by atoms with Crippen molar-refractivity contribution in [3.63, 3.8) is 0 Å². The van der Waals surface area contributed by atoms with Crippen LogP contribution in [-0.2, 0) is 0 Å². The number of aryl methyl sites for hydroxylation is 1. The third kappa shape index (κ3) is 3.16. The summed E-state index contributed by atoms with van der Waals surface area (Å²) >= 11 is 11.9. The summed E-state index contributed by atoms with van der Waals surface area (Å²) in [6.45, 7) is 1.89. The summed E-state index contributed by atoms with van der Waals surface area (Å²) in [5.41, 5.74) is 1.66. The number of anilines is 2. The van der Waals surface area contributed by atoms with Crippen molar-refractivity contribution in [2.45, 2.75) is 6.92 Å². The molecule has 0 fully saturated rings. The minimum absolute atomic E-state index is 0.0622. The Morgan fingerprint density at radius 2 is 2.05 bits per heavy atom. The van der Waals surface area contributed by atoms with Crippen molar-refractivity contribution >= 4 is 40.7 Å². The molecule has 0 saturated heterocycles. The van der Waals surface area contributed by atoms with E-state index in [2.05, 4.69) is 10.3 Å². The van der Waals surface area contributed by atoms with Gasteiger partial charge in [0.25, 0.3) is 0 Å². The van der Waals surface area contributed by atoms with Crippen LogP contribution in [0.3, 0.4) is 0 Å². The minimum atomic E-state index is -1.07. The summed E-state index contributed by atoms with van der Waals surface area (Å²) in [6, 6.07) is 8.14. The van der Waals surface area contributed by atoms with Crippen molar-refractivity contribution in [2.24, 2.45) is 0 Å². The Bertz CT molecular complexity index is 624. The van der Waals surface area contributed by atoms with Gasteiger partial charge in [-0.3, -0.25) is 0 Å². The Kier molecular flexibility index (Phi) is 3.93. The smallest absolute Gasteiger partial charge is 0.335 e. The quantitative estimate of drug-likeness (QED) is 0.836. The van der Waals surface area contributed by atoms with Crippen LogP contribution < -0.4 is 5.32 Å². The summed E-state index contributed by atoms with van der Waals surface area (Å²) in [5, 5.41) is 12.6. The maximum Gasteiger partial charge on any atom is 0.335 e. The van der Waals surface area contributed by atoms with Crippen molar-refractivity contribution in [1.29, 1.82) is 0 Å². The molecule has 19 heavy (non-hydrogen) atoms. The van der Waals surface area contributed by atoms with Crippen LogP contribution in [0.25, 0.3) is 0 Å². The Labute approximate surface area is 120 Å². The first-order valence-corrected chi connectivity index (χ1v) is 6.16. The molecule has 0 radical (unpaired) electrons. The highest BCUT2D eigenvalue weighted by Gasteiger charge is 2.10. The van der Waals surface area contributed by atoms with Gasteiger partial charge in [-0.15, -0.1) is 0 Å². The Morgan fingerprint density at radius 3 is 2.68 bits per heavy atom. The zero-order valence-corrected chi connectivity index (χ0v) is 11.5. The molecule has 0 saturated carbocycles. The van der Waals surface area contributed by atoms with Crippen molar-refractivity contribution in [3.05, 3.63) is 51.6 Å². The number of aromatic nitrogens is 1. The number of benzene rings is 1. The van der Waals surface area contributed by atoms with Crippen molar-refractivity contribution in [1.82, 2.24) is 4.98 Å². The van der Waals surface area contributed by atoms with E-state index in [4.69, 9.17) is 28.3 Å². The van der Waals surface area contributed by atoms with Gasteiger partial charge in [-0.25, -0.2) is 9.78 Å². The molecular formula is C13H10Cl2N2O2. The van der Waals surface area contributed by atoms with E-state index >= 15 is 0 Å². The van der Waals surface area contributed by atoms with Gasteiger partial charge in [0.05, 0.1) is 16.3 Å². The standard InChI is InChI=1S/C13H10Cl2N2O2/c1-7-3-2-4-9(14)12(7)17-11-6-8(13(18)19)5-10(15)16-11/h2-6H,1H3,(H,16,17)(H,18,19). The topological polar surface area (TPSA) is 62.2 Å². The SMILES string of the molecule is Cc1cccc(Cl)c1Nc1cc(C(=O)O)cc(Cl)n1. The van der Waals surface area contributed by atoms with E-state index < -0.39 is 5.97 Å². The summed E-state index contributed by atoms with van der Waals surface area (Å²) in [4.78, 5) is 15.0. The maximum absolute atomic E-state index is 11.0. The van der Waals surface area contributed by atoms with Gasteiger partial charge in [-0.1, -0.05) is 35.3 Å². The molecule has 2 N–H and O–H groups in total. The molecule has 98 valence electrons. The molecule has 0 spiro atoms. The number of nitrogens with one attached hydrogen (secondary N) is 1. The lowest BCUT2D eigenvalue weighted by atomic mass is 10.2. The second kappa shape index (κ2) is 5.47. The number of carboxylic acids is 1. The number of hydrogen-bond donors (Lipinski definition) is 2. The van der Waals surface area contributed by atoms with Crippen molar-refractivity contribution in [2.75, 3.05) is 5.32 Å². The fraction of sp³-hybridized carbons (Fsp3) is 0.0769. The zero-order valence-electron chi connectivity index (χ0n) is 9.95. The highest BCUT2D eigenvalue weighted by molar-refractivity contribution is 6.33. The third-order valence-corrected chi connectivity index (χ3v) is 3.02. The third-order valence-electron chi connectivity index (χ3n) is 2.52. The normalized spacial score (nSPS) is 10.3. The largest absolute Gasteiger partial charge is 0.478 e. The molecule has 1 aromatic carbocycles. The van der Waals surface area contributed by atoms with Crippen molar-refractivity contribution in [3.8, 4) is 0 Å². The number of aromatic carboxylic acids is 1. The lowest BCUT2D eigenvalue weighted by Crippen LogP contribution is -2.02. The van der Waals surface area contributed by atoms with Crippen LogP contribution in [0.4, 0.5) is 11.5 Å². The number of nitrogens with zero attached hydrogens (tertiary/aromatic N) is 1. The van der Waals surface area contributed by atoms with Crippen LogP contribution >= 0.6 is 23.2 Å². The lowest BCUT2D eigenvalue weighted by Gasteiger charge is -2.11. The molecular weight excluding hydrogens is 287 g/mol. The number of halogens is 2. The molecule has 1 heterocycles. The summed E-state index contributed by atoms with van der Waals surface area (Å²) in [7, 11) is 0. The first-order valence-electron chi connectivity index (χ1n) is 5.40. The molecule has 0 aliphatic heterocycles. The van der Waals surface area contributed by atoms with Crippen LogP contribution in [0.1, 0.15) is 15.9 Å². The fourth-order valence-corrected chi connectivity index (χ4v) is 2.08. The number of carboxylic acid groups (broad SMARTS) is 1. The van der Waals surface area contributed by atoms with E-state index in [-0.39, 0.29) is 10.7 Å². The van der Waals surface area contributed by atoms with Crippen molar-refractivity contribution < 1.29 is 9.90 Å². The van der Waals surface area contributed by atoms with E-state index in [1.54, 1.807) is 6.07 Å². The van der Waals surface area contributed by atoms with Crippen LogP contribution in [0, 0.1) is 6.92 Å². The Hall–Kier alpha value is -1.78. The summed E-state index contributed by atoms with van der Waals surface area (Å²) in [5.74, 6) is -0.732. The van der Waals surface area contributed by atoms with Gasteiger partial charge in [-0.05, 0) is 30.7 Å². The predicted octanol–water partition coefficient (Wildman–Crippen LogP) is 4.14. The minimum Gasteiger partial charge on any atom is -0.478 e. The first kappa shape index (κ1) is 13.6. The second-order valence-corrected chi connectivity index (χ2v) is 4.72. The zero-order chi connectivity index (χ0) is 14.0. The molecule has 0 unspecified atom stereocenters. The second-order valence-electron chi connectivity index (χ2n) is 3.93. The van der Waals surface area contributed by atoms with E-state index in [1.165, 1.54) is 12.1 Å². The fourth-order valence-electron chi connectivity index (χ4n) is 1.60. The van der Waals surface area contributed by atoms with Gasteiger partial charge in [0.15, 0.2) is 0 Å². The van der Waals surface area contributed by atoms with Gasteiger partial charge >= 0.3 is 5.97 Å². The molecule has 0 aliphatic rings. The van der Waals surface area contributed by atoms with E-state index in [9.17, 15) is 4.79 Å². The number of pyridine rings is 1. The average molecular weight is 297 g/mol. The molecule has 2 rings (SSSR count).